The summed E-state index contributed by atoms with van der Waals surface area (Å²) in [5.41, 5.74) is 1.25. The van der Waals surface area contributed by atoms with Gasteiger partial charge in [0.25, 0.3) is 0 Å². The fourth-order valence-corrected chi connectivity index (χ4v) is 4.72. The first kappa shape index (κ1) is 27.1. The maximum absolute atomic E-state index is 5.67. The lowest BCUT2D eigenvalue weighted by Gasteiger charge is -2.32. The minimum atomic E-state index is 0. The van der Waals surface area contributed by atoms with Gasteiger partial charge in [-0.1, -0.05) is 18.2 Å². The quantitative estimate of drug-likeness (QED) is 0.261. The number of nitrogens with one attached hydrogen (secondary N) is 2. The van der Waals surface area contributed by atoms with Crippen molar-refractivity contribution < 1.29 is 9.47 Å². The van der Waals surface area contributed by atoms with E-state index >= 15 is 0 Å². The zero-order chi connectivity index (χ0) is 21.9. The molecule has 32 heavy (non-hydrogen) atoms. The number of aliphatic imine (C=N–C) groups is 1. The average Bonchev–Trinajstić information content (AvgIpc) is 3.35. The number of piperidine rings is 1. The molecule has 1 unspecified atom stereocenters. The second-order valence-electron chi connectivity index (χ2n) is 8.61. The fourth-order valence-electron chi connectivity index (χ4n) is 4.72. The first-order valence-electron chi connectivity index (χ1n) is 11.8. The number of likely N-dealkylation sites (tertiary alicyclic amines) is 2. The molecule has 1 aromatic carbocycles. The van der Waals surface area contributed by atoms with Crippen LogP contribution in [-0.4, -0.2) is 89.4 Å². The highest BCUT2D eigenvalue weighted by molar-refractivity contribution is 14.0. The second-order valence-corrected chi connectivity index (χ2v) is 8.61. The third kappa shape index (κ3) is 8.04. The number of hydrogen-bond donors (Lipinski definition) is 2. The van der Waals surface area contributed by atoms with Crippen molar-refractivity contribution >= 4 is 29.9 Å². The van der Waals surface area contributed by atoms with Crippen LogP contribution in [0.4, 0.5) is 0 Å². The molecular weight excluding hydrogens is 517 g/mol. The minimum absolute atomic E-state index is 0. The van der Waals surface area contributed by atoms with E-state index in [4.69, 9.17) is 9.47 Å². The Balaban J connectivity index is 0.00000363. The smallest absolute Gasteiger partial charge is 0.191 e. The van der Waals surface area contributed by atoms with Gasteiger partial charge in [-0.25, -0.2) is 0 Å². The van der Waals surface area contributed by atoms with Gasteiger partial charge in [0.05, 0.1) is 19.8 Å². The van der Waals surface area contributed by atoms with Crippen molar-refractivity contribution in [1.82, 2.24) is 20.4 Å². The lowest BCUT2D eigenvalue weighted by Crippen LogP contribution is -2.45. The molecule has 2 N–H and O–H groups in total. The van der Waals surface area contributed by atoms with Crippen LogP contribution in [0.15, 0.2) is 29.3 Å². The van der Waals surface area contributed by atoms with Crippen molar-refractivity contribution in [2.45, 2.75) is 31.7 Å². The highest BCUT2D eigenvalue weighted by Crippen LogP contribution is 2.31. The standard InChI is InChI=1S/C24H41N5O2.HI/c1-25-24(26-18-20-10-14-28(15-11-20)16-17-30-2)27-19-22(29-12-6-7-13-29)21-8-4-5-9-23(21)31-3;/h4-5,8-9,20,22H,6-7,10-19H2,1-3H3,(H2,25,26,27);1H. The number of hydrogen-bond acceptors (Lipinski definition) is 5. The number of rotatable bonds is 10. The van der Waals surface area contributed by atoms with Gasteiger partial charge < -0.3 is 25.0 Å². The van der Waals surface area contributed by atoms with E-state index in [0.717, 1.165) is 64.1 Å². The number of methoxy groups -OCH3 is 2. The molecule has 7 nitrogen and oxygen atoms in total. The van der Waals surface area contributed by atoms with E-state index in [1.807, 2.05) is 13.1 Å². The molecule has 0 aromatic heterocycles. The predicted octanol–water partition coefficient (Wildman–Crippen LogP) is 2.97. The number of benzene rings is 1. The van der Waals surface area contributed by atoms with E-state index in [1.54, 1.807) is 14.2 Å². The molecular formula is C24H42IN5O2. The first-order chi connectivity index (χ1) is 15.2. The molecule has 0 radical (unpaired) electrons. The van der Waals surface area contributed by atoms with Crippen LogP contribution in [0.3, 0.4) is 0 Å². The molecule has 2 saturated heterocycles. The molecule has 2 heterocycles. The van der Waals surface area contributed by atoms with Gasteiger partial charge in [0, 0.05) is 39.4 Å². The number of ether oxygens (including phenoxy) is 2. The first-order valence-corrected chi connectivity index (χ1v) is 11.8. The summed E-state index contributed by atoms with van der Waals surface area (Å²) in [5.74, 6) is 2.55. The van der Waals surface area contributed by atoms with Gasteiger partial charge in [-0.15, -0.1) is 24.0 Å². The Kier molecular flexibility index (Phi) is 12.7. The molecule has 2 aliphatic heterocycles. The van der Waals surface area contributed by atoms with Gasteiger partial charge in [-0.05, 0) is 63.8 Å². The summed E-state index contributed by atoms with van der Waals surface area (Å²) >= 11 is 0. The fraction of sp³-hybridized carbons (Fsp3) is 0.708. The molecule has 0 aliphatic carbocycles. The molecule has 3 rings (SSSR count). The van der Waals surface area contributed by atoms with Crippen LogP contribution in [0.25, 0.3) is 0 Å². The van der Waals surface area contributed by atoms with Crippen LogP contribution in [0.1, 0.15) is 37.3 Å². The van der Waals surface area contributed by atoms with Crippen molar-refractivity contribution in [3.05, 3.63) is 29.8 Å². The molecule has 0 spiro atoms. The van der Waals surface area contributed by atoms with Crippen molar-refractivity contribution in [3.63, 3.8) is 0 Å². The van der Waals surface area contributed by atoms with Gasteiger partial charge in [0.2, 0.25) is 0 Å². The monoisotopic (exact) mass is 559 g/mol. The van der Waals surface area contributed by atoms with E-state index in [0.29, 0.717) is 5.92 Å². The van der Waals surface area contributed by atoms with Crippen LogP contribution in [0, 0.1) is 5.92 Å². The summed E-state index contributed by atoms with van der Waals surface area (Å²) in [7, 11) is 5.39. The van der Waals surface area contributed by atoms with Crippen LogP contribution in [0.5, 0.6) is 5.75 Å². The van der Waals surface area contributed by atoms with E-state index in [-0.39, 0.29) is 30.0 Å². The lowest BCUT2D eigenvalue weighted by molar-refractivity contribution is 0.121. The Morgan fingerprint density at radius 3 is 2.47 bits per heavy atom. The van der Waals surface area contributed by atoms with Crippen LogP contribution in [-0.2, 0) is 4.74 Å². The van der Waals surface area contributed by atoms with Gasteiger partial charge in [-0.2, -0.15) is 0 Å². The normalized spacial score (nSPS) is 19.4. The maximum Gasteiger partial charge on any atom is 0.191 e. The largest absolute Gasteiger partial charge is 0.496 e. The van der Waals surface area contributed by atoms with Crippen LogP contribution in [0.2, 0.25) is 0 Å². The molecule has 2 aliphatic rings. The van der Waals surface area contributed by atoms with Crippen LogP contribution < -0.4 is 15.4 Å². The van der Waals surface area contributed by atoms with Gasteiger partial charge in [-0.3, -0.25) is 9.89 Å². The Morgan fingerprint density at radius 1 is 1.09 bits per heavy atom. The predicted molar refractivity (Wildman–Crippen MR) is 142 cm³/mol. The number of halogens is 1. The lowest BCUT2D eigenvalue weighted by atomic mass is 9.97. The molecule has 0 saturated carbocycles. The van der Waals surface area contributed by atoms with Gasteiger partial charge in [0.15, 0.2) is 5.96 Å². The van der Waals surface area contributed by atoms with Gasteiger partial charge in [0.1, 0.15) is 5.75 Å². The second kappa shape index (κ2) is 14.9. The summed E-state index contributed by atoms with van der Waals surface area (Å²) in [5, 5.41) is 7.16. The summed E-state index contributed by atoms with van der Waals surface area (Å²) in [6.07, 6.45) is 4.99. The summed E-state index contributed by atoms with van der Waals surface area (Å²) in [4.78, 5) is 9.54. The molecule has 1 aromatic rings. The average molecular weight is 560 g/mol. The van der Waals surface area contributed by atoms with Gasteiger partial charge >= 0.3 is 0 Å². The third-order valence-corrected chi connectivity index (χ3v) is 6.64. The van der Waals surface area contributed by atoms with Crippen LogP contribution >= 0.6 is 24.0 Å². The van der Waals surface area contributed by atoms with Crippen molar-refractivity contribution in [1.29, 1.82) is 0 Å². The molecule has 0 bridgehead atoms. The zero-order valence-corrected chi connectivity index (χ0v) is 22.3. The Hall–Kier alpha value is -1.10. The summed E-state index contributed by atoms with van der Waals surface area (Å²) < 4.78 is 10.9. The Labute approximate surface area is 211 Å². The van der Waals surface area contributed by atoms with E-state index < -0.39 is 0 Å². The molecule has 8 heteroatoms. The van der Waals surface area contributed by atoms with Crippen molar-refractivity contribution in [2.24, 2.45) is 10.9 Å². The third-order valence-electron chi connectivity index (χ3n) is 6.64. The number of guanidine groups is 1. The highest BCUT2D eigenvalue weighted by atomic mass is 127. The molecule has 182 valence electrons. The number of para-hydroxylation sites is 1. The molecule has 1 atom stereocenters. The summed E-state index contributed by atoms with van der Waals surface area (Å²) in [6.45, 7) is 8.25. The minimum Gasteiger partial charge on any atom is -0.496 e. The van der Waals surface area contributed by atoms with Crippen molar-refractivity contribution in [3.8, 4) is 5.75 Å². The Morgan fingerprint density at radius 2 is 1.81 bits per heavy atom. The SMILES string of the molecule is CN=C(NCC1CCN(CCOC)CC1)NCC(c1ccccc1OC)N1CCCC1.I. The highest BCUT2D eigenvalue weighted by Gasteiger charge is 2.26. The zero-order valence-electron chi connectivity index (χ0n) is 20.0. The number of nitrogens with zero attached hydrogens (tertiary/aromatic N) is 3. The summed E-state index contributed by atoms with van der Waals surface area (Å²) in [6, 6.07) is 8.67. The topological polar surface area (TPSA) is 61.4 Å². The maximum atomic E-state index is 5.67. The van der Waals surface area contributed by atoms with E-state index in [9.17, 15) is 0 Å². The molecule has 2 fully saturated rings. The van der Waals surface area contributed by atoms with Crippen molar-refractivity contribution in [2.75, 3.05) is 73.7 Å². The Bertz CT molecular complexity index is 676. The van der Waals surface area contributed by atoms with E-state index in [2.05, 4.69) is 43.6 Å². The molecule has 0 amide bonds. The van der Waals surface area contributed by atoms with E-state index in [1.165, 1.54) is 31.2 Å².